The number of ether oxygens (including phenoxy) is 1. The third kappa shape index (κ3) is 4.15. The number of nitrogens with zero attached hydrogens (tertiary/aromatic N) is 3. The first-order valence-electron chi connectivity index (χ1n) is 6.43. The molecule has 0 fully saturated rings. The van der Waals surface area contributed by atoms with Crippen LogP contribution in [0.1, 0.15) is 23.9 Å². The highest BCUT2D eigenvalue weighted by atomic mass is 35.5. The monoisotopic (exact) mass is 292 g/mol. The predicted molar refractivity (Wildman–Crippen MR) is 78.7 cm³/mol. The lowest BCUT2D eigenvalue weighted by atomic mass is 10.1. The molecule has 2 aromatic heterocycles. The van der Waals surface area contributed by atoms with Gasteiger partial charge in [0.1, 0.15) is 17.6 Å². The van der Waals surface area contributed by atoms with Gasteiger partial charge < -0.3 is 10.1 Å². The Morgan fingerprint density at radius 1 is 1.35 bits per heavy atom. The van der Waals surface area contributed by atoms with Crippen LogP contribution in [-0.4, -0.2) is 21.6 Å². The van der Waals surface area contributed by atoms with E-state index >= 15 is 0 Å². The molecule has 0 radical (unpaired) electrons. The molecular formula is C14H17ClN4O. The first-order valence-corrected chi connectivity index (χ1v) is 6.81. The summed E-state index contributed by atoms with van der Waals surface area (Å²) in [5.74, 6) is 1.27. The minimum absolute atomic E-state index is 0.361. The van der Waals surface area contributed by atoms with Gasteiger partial charge in [-0.25, -0.2) is 9.97 Å². The minimum atomic E-state index is 0.361. The molecule has 20 heavy (non-hydrogen) atoms. The van der Waals surface area contributed by atoms with Crippen molar-refractivity contribution in [3.05, 3.63) is 46.6 Å². The van der Waals surface area contributed by atoms with Gasteiger partial charge in [0, 0.05) is 31.6 Å². The van der Waals surface area contributed by atoms with E-state index in [4.69, 9.17) is 16.3 Å². The zero-order valence-corrected chi connectivity index (χ0v) is 12.3. The van der Waals surface area contributed by atoms with Crippen molar-refractivity contribution < 1.29 is 4.74 Å². The molecule has 0 atom stereocenters. The molecule has 0 aliphatic rings. The van der Waals surface area contributed by atoms with Crippen molar-refractivity contribution in [2.24, 2.45) is 0 Å². The molecule has 0 amide bonds. The first kappa shape index (κ1) is 14.7. The summed E-state index contributed by atoms with van der Waals surface area (Å²) in [7, 11) is 0. The smallest absolute Gasteiger partial charge is 0.158 e. The fourth-order valence-electron chi connectivity index (χ4n) is 1.70. The molecule has 0 spiro atoms. The SMILES string of the molecule is CCOCc1nc(Cl)cc(NCc2ccncc2C)n1. The molecule has 106 valence electrons. The summed E-state index contributed by atoms with van der Waals surface area (Å²) in [5, 5.41) is 3.65. The molecule has 6 heteroatoms. The number of halogens is 1. The molecule has 5 nitrogen and oxygen atoms in total. The number of hydrogen-bond donors (Lipinski definition) is 1. The van der Waals surface area contributed by atoms with Gasteiger partial charge in [-0.2, -0.15) is 0 Å². The Hall–Kier alpha value is -1.72. The third-order valence-electron chi connectivity index (χ3n) is 2.77. The summed E-state index contributed by atoms with van der Waals surface area (Å²) >= 11 is 5.99. The zero-order valence-electron chi connectivity index (χ0n) is 11.6. The van der Waals surface area contributed by atoms with Crippen LogP contribution in [0.5, 0.6) is 0 Å². The van der Waals surface area contributed by atoms with Crippen LogP contribution in [-0.2, 0) is 17.9 Å². The molecule has 0 saturated heterocycles. The number of anilines is 1. The van der Waals surface area contributed by atoms with E-state index < -0.39 is 0 Å². The van der Waals surface area contributed by atoms with E-state index in [0.717, 1.165) is 5.56 Å². The van der Waals surface area contributed by atoms with Gasteiger partial charge in [0.25, 0.3) is 0 Å². The van der Waals surface area contributed by atoms with Crippen LogP contribution >= 0.6 is 11.6 Å². The minimum Gasteiger partial charge on any atom is -0.374 e. The second-order valence-corrected chi connectivity index (χ2v) is 4.67. The maximum absolute atomic E-state index is 5.99. The largest absolute Gasteiger partial charge is 0.374 e. The zero-order chi connectivity index (χ0) is 14.4. The average Bonchev–Trinajstić information content (AvgIpc) is 2.44. The number of aromatic nitrogens is 3. The molecule has 0 aromatic carbocycles. The molecule has 0 aliphatic carbocycles. The number of nitrogens with one attached hydrogen (secondary N) is 1. The predicted octanol–water partition coefficient (Wildman–Crippen LogP) is 2.98. The molecule has 0 bridgehead atoms. The second kappa shape index (κ2) is 7.17. The molecule has 2 heterocycles. The lowest BCUT2D eigenvalue weighted by molar-refractivity contribution is 0.128. The summed E-state index contributed by atoms with van der Waals surface area (Å²) in [6.45, 7) is 5.60. The Morgan fingerprint density at radius 2 is 2.20 bits per heavy atom. The maximum Gasteiger partial charge on any atom is 0.158 e. The van der Waals surface area contributed by atoms with Crippen LogP contribution in [0.25, 0.3) is 0 Å². The van der Waals surface area contributed by atoms with Gasteiger partial charge in [0.2, 0.25) is 0 Å². The molecule has 2 aromatic rings. The topological polar surface area (TPSA) is 59.9 Å². The number of rotatable bonds is 6. The van der Waals surface area contributed by atoms with Crippen LogP contribution in [0.15, 0.2) is 24.5 Å². The van der Waals surface area contributed by atoms with Crippen LogP contribution in [0.3, 0.4) is 0 Å². The number of pyridine rings is 1. The fraction of sp³-hybridized carbons (Fsp3) is 0.357. The van der Waals surface area contributed by atoms with Crippen molar-refractivity contribution in [3.8, 4) is 0 Å². The normalized spacial score (nSPS) is 10.6. The molecular weight excluding hydrogens is 276 g/mol. The fourth-order valence-corrected chi connectivity index (χ4v) is 1.90. The van der Waals surface area contributed by atoms with Gasteiger partial charge in [0.05, 0.1) is 0 Å². The quantitative estimate of drug-likeness (QED) is 0.830. The van der Waals surface area contributed by atoms with Gasteiger partial charge in [-0.1, -0.05) is 11.6 Å². The van der Waals surface area contributed by atoms with Crippen molar-refractivity contribution in [3.63, 3.8) is 0 Å². The van der Waals surface area contributed by atoms with Crippen molar-refractivity contribution in [1.29, 1.82) is 0 Å². The van der Waals surface area contributed by atoms with Crippen LogP contribution in [0, 0.1) is 6.92 Å². The second-order valence-electron chi connectivity index (χ2n) is 4.28. The Labute approximate surface area is 123 Å². The van der Waals surface area contributed by atoms with E-state index in [-0.39, 0.29) is 0 Å². The van der Waals surface area contributed by atoms with Crippen molar-refractivity contribution >= 4 is 17.4 Å². The van der Waals surface area contributed by atoms with E-state index in [9.17, 15) is 0 Å². The van der Waals surface area contributed by atoms with E-state index in [0.29, 0.717) is 36.6 Å². The standard InChI is InChI=1S/C14H17ClN4O/c1-3-20-9-14-18-12(15)6-13(19-14)17-8-11-4-5-16-7-10(11)2/h4-7H,3,8-9H2,1-2H3,(H,17,18,19). The van der Waals surface area contributed by atoms with Gasteiger partial charge in [0.15, 0.2) is 5.82 Å². The van der Waals surface area contributed by atoms with Gasteiger partial charge in [-0.05, 0) is 31.0 Å². The van der Waals surface area contributed by atoms with Crippen molar-refractivity contribution in [2.75, 3.05) is 11.9 Å². The summed E-state index contributed by atoms with van der Waals surface area (Å²) < 4.78 is 5.29. The number of hydrogen-bond acceptors (Lipinski definition) is 5. The number of aryl methyl sites for hydroxylation is 1. The van der Waals surface area contributed by atoms with Gasteiger partial charge in [-0.3, -0.25) is 4.98 Å². The van der Waals surface area contributed by atoms with E-state index in [2.05, 4.69) is 20.3 Å². The molecule has 0 unspecified atom stereocenters. The molecule has 1 N–H and O–H groups in total. The lowest BCUT2D eigenvalue weighted by Gasteiger charge is -2.09. The third-order valence-corrected chi connectivity index (χ3v) is 2.97. The Kier molecular flexibility index (Phi) is 5.26. The summed E-state index contributed by atoms with van der Waals surface area (Å²) in [6.07, 6.45) is 3.61. The summed E-state index contributed by atoms with van der Waals surface area (Å²) in [6, 6.07) is 3.68. The Bertz CT molecular complexity index is 577. The van der Waals surface area contributed by atoms with E-state index in [1.165, 1.54) is 5.56 Å². The van der Waals surface area contributed by atoms with Gasteiger partial charge >= 0.3 is 0 Å². The van der Waals surface area contributed by atoms with E-state index in [1.807, 2.05) is 26.1 Å². The van der Waals surface area contributed by atoms with Crippen molar-refractivity contribution in [1.82, 2.24) is 15.0 Å². The highest BCUT2D eigenvalue weighted by Gasteiger charge is 2.04. The highest BCUT2D eigenvalue weighted by Crippen LogP contribution is 2.14. The summed E-state index contributed by atoms with van der Waals surface area (Å²) in [5.41, 5.74) is 2.30. The van der Waals surface area contributed by atoms with Crippen molar-refractivity contribution in [2.45, 2.75) is 27.0 Å². The highest BCUT2D eigenvalue weighted by molar-refractivity contribution is 6.29. The van der Waals surface area contributed by atoms with Crippen LogP contribution in [0.2, 0.25) is 5.15 Å². The molecule has 0 saturated carbocycles. The van der Waals surface area contributed by atoms with Crippen LogP contribution in [0.4, 0.5) is 5.82 Å². The maximum atomic E-state index is 5.99. The molecule has 0 aliphatic heterocycles. The molecule has 2 rings (SSSR count). The summed E-state index contributed by atoms with van der Waals surface area (Å²) in [4.78, 5) is 12.6. The van der Waals surface area contributed by atoms with E-state index in [1.54, 1.807) is 12.3 Å². The Balaban J connectivity index is 2.05. The van der Waals surface area contributed by atoms with Crippen LogP contribution < -0.4 is 5.32 Å². The first-order chi connectivity index (χ1) is 9.69. The average molecular weight is 293 g/mol. The van der Waals surface area contributed by atoms with Gasteiger partial charge in [-0.15, -0.1) is 0 Å². The Morgan fingerprint density at radius 3 is 2.95 bits per heavy atom. The lowest BCUT2D eigenvalue weighted by Crippen LogP contribution is -2.06.